The van der Waals surface area contributed by atoms with Crippen LogP contribution in [0.2, 0.25) is 0 Å². The van der Waals surface area contributed by atoms with Gasteiger partial charge in [-0.05, 0) is 87.1 Å². The minimum atomic E-state index is 0.616. The van der Waals surface area contributed by atoms with Gasteiger partial charge in [0.05, 0.1) is 62.2 Å². The fourth-order valence-electron chi connectivity index (χ4n) is 18.4. The van der Waals surface area contributed by atoms with Gasteiger partial charge < -0.3 is 28.4 Å². The quantitative estimate of drug-likeness (QED) is 0.0319. The number of unbranched alkanes of at least 4 members (excludes halogenated alkanes) is 78. The summed E-state index contributed by atoms with van der Waals surface area (Å²) in [6, 6.07) is 16.6. The molecule has 0 saturated heterocycles. The molecule has 0 fully saturated rings. The lowest BCUT2D eigenvalue weighted by atomic mass is 10.0. The van der Waals surface area contributed by atoms with E-state index in [0.29, 0.717) is 62.6 Å². The van der Waals surface area contributed by atoms with Gasteiger partial charge in [-0.1, -0.05) is 566 Å². The maximum Gasteiger partial charge on any atom is 0.204 e. The summed E-state index contributed by atoms with van der Waals surface area (Å²) < 4.78 is 41.2. The van der Waals surface area contributed by atoms with Gasteiger partial charge in [-0.15, -0.1) is 0 Å². The average Bonchev–Trinajstić information content (AvgIpc) is 0.817. The van der Waals surface area contributed by atoms with Crippen LogP contribution in [0.4, 0.5) is 0 Å². The summed E-state index contributed by atoms with van der Waals surface area (Å²) in [5.41, 5.74) is 4.85. The Hall–Kier alpha value is -5.34. The lowest BCUT2D eigenvalue weighted by Gasteiger charge is -2.19. The number of hydrogen-bond donors (Lipinski definition) is 0. The Morgan fingerprint density at radius 3 is 0.492 bits per heavy atom. The Bertz CT molecular complexity index is 3000. The number of hydrogen-bond acceptors (Lipinski definition) is 8. The minimum Gasteiger partial charge on any atom is -0.490 e. The topological polar surface area (TPSA) is 81.2 Å². The van der Waals surface area contributed by atoms with Gasteiger partial charge in [-0.3, -0.25) is 9.97 Å². The Morgan fingerprint density at radius 2 is 0.323 bits per heavy atom. The summed E-state index contributed by atoms with van der Waals surface area (Å²) >= 11 is 0. The molecule has 0 aliphatic rings. The highest BCUT2D eigenvalue weighted by molar-refractivity contribution is 5.64. The SMILES string of the molecule is CCCCCCCCCCCCCCCCOc1ccc(C#Cc2ccc(-c3ccc(C#Cc4ccc(OCCCCCCCCCCCCCCCC)c(OCCCCCCCCCCCCCCCC)c4OCCCCCCCCCCCCCCCC)cn3)nc2)c(OCCCCCCCCCCCCCCCC)c1OCCCCCCCCCCCCCCCC. The van der Waals surface area contributed by atoms with E-state index in [-0.39, 0.29) is 0 Å². The van der Waals surface area contributed by atoms with E-state index in [1.54, 1.807) is 0 Å². The summed E-state index contributed by atoms with van der Waals surface area (Å²) in [7, 11) is 0. The van der Waals surface area contributed by atoms with Gasteiger partial charge in [-0.25, -0.2) is 0 Å². The summed E-state index contributed by atoms with van der Waals surface area (Å²) in [6.45, 7) is 17.7. The third-order valence-electron chi connectivity index (χ3n) is 27.1. The van der Waals surface area contributed by atoms with Gasteiger partial charge in [0.15, 0.2) is 23.0 Å². The zero-order valence-corrected chi connectivity index (χ0v) is 86.8. The Morgan fingerprint density at radius 1 is 0.162 bits per heavy atom. The molecule has 0 spiro atoms. The number of benzene rings is 2. The summed E-state index contributed by atoms with van der Waals surface area (Å²) in [4.78, 5) is 9.96. The second kappa shape index (κ2) is 91.4. The third kappa shape index (κ3) is 67.0. The number of nitrogens with zero attached hydrogens (tertiary/aromatic N) is 2. The molecule has 2 heterocycles. The van der Waals surface area contributed by atoms with Crippen LogP contribution in [0.1, 0.15) is 603 Å². The molecule has 130 heavy (non-hydrogen) atoms. The van der Waals surface area contributed by atoms with Crippen molar-refractivity contribution in [3.05, 3.63) is 83.2 Å². The van der Waals surface area contributed by atoms with E-state index in [2.05, 4.69) is 102 Å². The van der Waals surface area contributed by atoms with Crippen LogP contribution in [0, 0.1) is 23.7 Å². The molecule has 4 aromatic rings. The highest BCUT2D eigenvalue weighted by atomic mass is 16.5. The molecule has 0 unspecified atom stereocenters. The van der Waals surface area contributed by atoms with Crippen LogP contribution in [0.3, 0.4) is 0 Å². The van der Waals surface area contributed by atoms with E-state index in [1.165, 1.54) is 475 Å². The van der Waals surface area contributed by atoms with Crippen molar-refractivity contribution in [3.8, 4) is 69.6 Å². The standard InChI is InChI=1S/C122H208N2O6/c1-7-13-19-25-31-37-43-49-55-61-67-73-79-85-103-125-117-101-97-113(119(127-105-87-81-75-69-63-57-51-45-39-33-27-21-15-9-3)121(117)129-107-89-83-77-71-65-59-53-47-41-35-29-23-17-11-5)95-91-111-93-99-115(123-109-111)116-100-94-112(110-124-116)92-96-114-98-102-118(126-104-86-80-74-68-62-56-50-44-38-32-26-20-14-8-2)122(130-108-90-84-78-72-66-60-54-48-42-36-30-24-18-12-6)120(114)128-106-88-82-76-70-64-58-52-46-40-34-28-22-16-10-4/h93-94,97-102,109-110H,7-90,103-108H2,1-6H3. The number of rotatable bonds is 97. The maximum absolute atomic E-state index is 6.94. The lowest BCUT2D eigenvalue weighted by molar-refractivity contribution is 0.234. The normalized spacial score (nSPS) is 11.3. The molecule has 8 heteroatoms. The van der Waals surface area contributed by atoms with Crippen molar-refractivity contribution in [2.45, 2.75) is 581 Å². The first-order valence-electron chi connectivity index (χ1n) is 57.6. The smallest absolute Gasteiger partial charge is 0.204 e. The molecule has 4 rings (SSSR count). The molecule has 0 aliphatic carbocycles. The van der Waals surface area contributed by atoms with E-state index in [0.717, 1.165) is 109 Å². The summed E-state index contributed by atoms with van der Waals surface area (Å²) in [5, 5.41) is 0. The van der Waals surface area contributed by atoms with Gasteiger partial charge in [-0.2, -0.15) is 0 Å². The molecule has 8 nitrogen and oxygen atoms in total. The molecule has 0 N–H and O–H groups in total. The first kappa shape index (κ1) is 117. The van der Waals surface area contributed by atoms with Crippen LogP contribution in [-0.2, 0) is 0 Å². The Labute approximate surface area is 806 Å². The highest BCUT2D eigenvalue weighted by Gasteiger charge is 2.21. The first-order chi connectivity index (χ1) is 64.6. The van der Waals surface area contributed by atoms with Crippen molar-refractivity contribution < 1.29 is 28.4 Å². The number of pyridine rings is 2. The molecule has 0 amide bonds. The number of aromatic nitrogens is 2. The monoisotopic (exact) mass is 1800 g/mol. The van der Waals surface area contributed by atoms with Crippen molar-refractivity contribution in [1.82, 2.24) is 9.97 Å². The van der Waals surface area contributed by atoms with Crippen molar-refractivity contribution >= 4 is 0 Å². The van der Waals surface area contributed by atoms with Gasteiger partial charge in [0.1, 0.15) is 0 Å². The van der Waals surface area contributed by atoms with Gasteiger partial charge >= 0.3 is 0 Å². The third-order valence-corrected chi connectivity index (χ3v) is 27.1. The van der Waals surface area contributed by atoms with E-state index >= 15 is 0 Å². The molecule has 2 aromatic carbocycles. The first-order valence-corrected chi connectivity index (χ1v) is 57.6. The molecule has 0 aliphatic heterocycles. The van der Waals surface area contributed by atoms with Crippen molar-refractivity contribution in [2.75, 3.05) is 39.6 Å². The zero-order valence-electron chi connectivity index (χ0n) is 86.8. The van der Waals surface area contributed by atoms with Crippen LogP contribution in [0.15, 0.2) is 60.9 Å². The van der Waals surface area contributed by atoms with Crippen LogP contribution in [0.25, 0.3) is 11.4 Å². The van der Waals surface area contributed by atoms with Crippen LogP contribution in [0.5, 0.6) is 34.5 Å². The fourth-order valence-corrected chi connectivity index (χ4v) is 18.4. The van der Waals surface area contributed by atoms with Crippen LogP contribution < -0.4 is 28.4 Å². The summed E-state index contributed by atoms with van der Waals surface area (Å²) in [6.07, 6.45) is 115. The van der Waals surface area contributed by atoms with Gasteiger partial charge in [0.25, 0.3) is 0 Å². The molecule has 2 aromatic heterocycles. The van der Waals surface area contributed by atoms with Crippen molar-refractivity contribution in [2.24, 2.45) is 0 Å². The molecular formula is C122H208N2O6. The second-order valence-electron chi connectivity index (χ2n) is 39.6. The molecule has 742 valence electrons. The van der Waals surface area contributed by atoms with E-state index in [1.807, 2.05) is 24.5 Å². The van der Waals surface area contributed by atoms with Crippen LogP contribution >= 0.6 is 0 Å². The molecular weight excluding hydrogens is 1590 g/mol. The Balaban J connectivity index is 1.55. The largest absolute Gasteiger partial charge is 0.490 e. The van der Waals surface area contributed by atoms with E-state index in [9.17, 15) is 0 Å². The highest BCUT2D eigenvalue weighted by Crippen LogP contribution is 2.43. The molecule has 0 radical (unpaired) electrons. The van der Waals surface area contributed by atoms with E-state index in [4.69, 9.17) is 38.4 Å². The van der Waals surface area contributed by atoms with Gasteiger partial charge in [0.2, 0.25) is 11.5 Å². The Kier molecular flexibility index (Phi) is 82.3. The molecule has 0 bridgehead atoms. The molecule has 0 atom stereocenters. The van der Waals surface area contributed by atoms with Crippen molar-refractivity contribution in [1.29, 1.82) is 0 Å². The molecule has 0 saturated carbocycles. The van der Waals surface area contributed by atoms with Crippen molar-refractivity contribution in [3.63, 3.8) is 0 Å². The maximum atomic E-state index is 6.94. The fraction of sp³-hybridized carbons (Fsp3) is 0.787. The van der Waals surface area contributed by atoms with E-state index < -0.39 is 0 Å². The average molecular weight is 1800 g/mol. The lowest BCUT2D eigenvalue weighted by Crippen LogP contribution is -2.07. The minimum absolute atomic E-state index is 0.616. The number of ether oxygens (including phenoxy) is 6. The second-order valence-corrected chi connectivity index (χ2v) is 39.6. The zero-order chi connectivity index (χ0) is 92.1. The predicted octanol–water partition coefficient (Wildman–Crippen LogP) is 40.1. The van der Waals surface area contributed by atoms with Crippen LogP contribution in [-0.4, -0.2) is 49.6 Å². The predicted molar refractivity (Wildman–Crippen MR) is 567 cm³/mol. The summed E-state index contributed by atoms with van der Waals surface area (Å²) in [5.74, 6) is 18.6. The van der Waals surface area contributed by atoms with Gasteiger partial charge in [0, 0.05) is 23.5 Å².